The van der Waals surface area contributed by atoms with Gasteiger partial charge in [0.2, 0.25) is 17.6 Å². The largest absolute Gasteiger partial charge is 0.339 e. The van der Waals surface area contributed by atoms with Crippen molar-refractivity contribution in [1.82, 2.24) is 15.1 Å². The first-order valence-corrected chi connectivity index (χ1v) is 7.11. The van der Waals surface area contributed by atoms with Crippen LogP contribution in [0.5, 0.6) is 0 Å². The number of carbonyl (C=O) groups excluding carboxylic acids is 1. The molecule has 0 saturated carbocycles. The SMILES string of the molecule is O=C(CCc1nc(-c2ccccn2)no1)Nc1cc(F)ccc1F. The summed E-state index contributed by atoms with van der Waals surface area (Å²) < 4.78 is 31.6. The molecule has 24 heavy (non-hydrogen) atoms. The second-order valence-corrected chi connectivity index (χ2v) is 4.90. The molecule has 2 heterocycles. The molecule has 2 aromatic heterocycles. The molecule has 0 unspecified atom stereocenters. The molecule has 122 valence electrons. The standard InChI is InChI=1S/C16H12F2N4O2/c17-10-4-5-11(18)13(9-10)20-14(23)6-7-15-21-16(22-24-15)12-3-1-2-8-19-12/h1-5,8-9H,6-7H2,(H,20,23). The number of pyridine rings is 1. The van der Waals surface area contributed by atoms with Gasteiger partial charge in [-0.1, -0.05) is 11.2 Å². The molecule has 1 aromatic carbocycles. The van der Waals surface area contributed by atoms with E-state index in [0.717, 1.165) is 18.2 Å². The summed E-state index contributed by atoms with van der Waals surface area (Å²) in [6.45, 7) is 0. The fourth-order valence-electron chi connectivity index (χ4n) is 1.98. The summed E-state index contributed by atoms with van der Waals surface area (Å²) in [5.74, 6) is -1.26. The lowest BCUT2D eigenvalue weighted by atomic mass is 10.2. The molecule has 0 bridgehead atoms. The molecule has 1 N–H and O–H groups in total. The second kappa shape index (κ2) is 6.95. The van der Waals surface area contributed by atoms with Crippen molar-refractivity contribution in [2.24, 2.45) is 0 Å². The van der Waals surface area contributed by atoms with E-state index in [0.29, 0.717) is 11.5 Å². The summed E-state index contributed by atoms with van der Waals surface area (Å²) in [7, 11) is 0. The molecule has 0 spiro atoms. The smallest absolute Gasteiger partial charge is 0.227 e. The van der Waals surface area contributed by atoms with Crippen LogP contribution in [0.15, 0.2) is 47.1 Å². The number of hydrogen-bond donors (Lipinski definition) is 1. The molecule has 0 radical (unpaired) electrons. The molecule has 8 heteroatoms. The van der Waals surface area contributed by atoms with Crippen LogP contribution in [0.3, 0.4) is 0 Å². The van der Waals surface area contributed by atoms with Gasteiger partial charge >= 0.3 is 0 Å². The average molecular weight is 330 g/mol. The molecule has 3 aromatic rings. The number of anilines is 1. The summed E-state index contributed by atoms with van der Waals surface area (Å²) in [6.07, 6.45) is 1.76. The zero-order valence-electron chi connectivity index (χ0n) is 12.4. The van der Waals surface area contributed by atoms with Crippen LogP contribution in [0.25, 0.3) is 11.5 Å². The monoisotopic (exact) mass is 330 g/mol. The normalized spacial score (nSPS) is 10.6. The predicted molar refractivity (Wildman–Crippen MR) is 80.8 cm³/mol. The van der Waals surface area contributed by atoms with Crippen LogP contribution in [0.4, 0.5) is 14.5 Å². The van der Waals surface area contributed by atoms with E-state index in [9.17, 15) is 13.6 Å². The van der Waals surface area contributed by atoms with Crippen LogP contribution in [0, 0.1) is 11.6 Å². The molecule has 3 rings (SSSR count). The lowest BCUT2D eigenvalue weighted by molar-refractivity contribution is -0.116. The Hall–Kier alpha value is -3.16. The van der Waals surface area contributed by atoms with E-state index in [1.807, 2.05) is 0 Å². The van der Waals surface area contributed by atoms with Gasteiger partial charge in [0.05, 0.1) is 5.69 Å². The van der Waals surface area contributed by atoms with Gasteiger partial charge in [-0.15, -0.1) is 0 Å². The van der Waals surface area contributed by atoms with E-state index >= 15 is 0 Å². The predicted octanol–water partition coefficient (Wildman–Crippen LogP) is 2.98. The van der Waals surface area contributed by atoms with E-state index in [1.165, 1.54) is 0 Å². The van der Waals surface area contributed by atoms with E-state index in [4.69, 9.17) is 4.52 Å². The molecule has 0 aliphatic rings. The lowest BCUT2D eigenvalue weighted by Crippen LogP contribution is -2.13. The van der Waals surface area contributed by atoms with Crippen molar-refractivity contribution in [1.29, 1.82) is 0 Å². The average Bonchev–Trinajstić information content (AvgIpc) is 3.06. The van der Waals surface area contributed by atoms with Gasteiger partial charge in [-0.25, -0.2) is 8.78 Å². The molecule has 1 amide bonds. The minimum Gasteiger partial charge on any atom is -0.339 e. The van der Waals surface area contributed by atoms with Crippen LogP contribution in [-0.4, -0.2) is 21.0 Å². The lowest BCUT2D eigenvalue weighted by Gasteiger charge is -2.05. The zero-order valence-corrected chi connectivity index (χ0v) is 12.4. The van der Waals surface area contributed by atoms with Gasteiger partial charge in [0.15, 0.2) is 0 Å². The summed E-state index contributed by atoms with van der Waals surface area (Å²) in [5, 5.41) is 6.09. The second-order valence-electron chi connectivity index (χ2n) is 4.90. The fraction of sp³-hybridized carbons (Fsp3) is 0.125. The van der Waals surface area contributed by atoms with Crippen molar-refractivity contribution in [3.05, 3.63) is 60.1 Å². The third kappa shape index (κ3) is 3.78. The van der Waals surface area contributed by atoms with E-state index < -0.39 is 17.5 Å². The van der Waals surface area contributed by atoms with Crippen LogP contribution >= 0.6 is 0 Å². The van der Waals surface area contributed by atoms with E-state index in [1.54, 1.807) is 24.4 Å². The van der Waals surface area contributed by atoms with Gasteiger partial charge in [0.1, 0.15) is 17.3 Å². The number of nitrogens with zero attached hydrogens (tertiary/aromatic N) is 3. The molecule has 0 atom stereocenters. The zero-order chi connectivity index (χ0) is 16.9. The summed E-state index contributed by atoms with van der Waals surface area (Å²) >= 11 is 0. The Kier molecular flexibility index (Phi) is 4.55. The number of carbonyl (C=O) groups is 1. The van der Waals surface area contributed by atoms with E-state index in [2.05, 4.69) is 20.4 Å². The number of aryl methyl sites for hydroxylation is 1. The molecular weight excluding hydrogens is 318 g/mol. The van der Waals surface area contributed by atoms with Crippen molar-refractivity contribution in [2.45, 2.75) is 12.8 Å². The molecule has 6 nitrogen and oxygen atoms in total. The van der Waals surface area contributed by atoms with Gasteiger partial charge in [0.25, 0.3) is 0 Å². The van der Waals surface area contributed by atoms with Gasteiger partial charge in [0, 0.05) is 25.1 Å². The minimum atomic E-state index is -0.708. The van der Waals surface area contributed by atoms with Gasteiger partial charge in [-0.05, 0) is 24.3 Å². The number of hydrogen-bond acceptors (Lipinski definition) is 5. The number of aromatic nitrogens is 3. The number of rotatable bonds is 5. The quantitative estimate of drug-likeness (QED) is 0.778. The Morgan fingerprint density at radius 3 is 2.88 bits per heavy atom. The van der Waals surface area contributed by atoms with Crippen LogP contribution in [0.1, 0.15) is 12.3 Å². The van der Waals surface area contributed by atoms with Crippen molar-refractivity contribution in [3.63, 3.8) is 0 Å². The van der Waals surface area contributed by atoms with Gasteiger partial charge in [-0.2, -0.15) is 4.98 Å². The number of benzene rings is 1. The number of amides is 1. The third-order valence-corrected chi connectivity index (χ3v) is 3.13. The first-order chi connectivity index (χ1) is 11.6. The molecule has 0 fully saturated rings. The summed E-state index contributed by atoms with van der Waals surface area (Å²) in [4.78, 5) is 20.1. The Bertz CT molecular complexity index is 852. The third-order valence-electron chi connectivity index (χ3n) is 3.13. The maximum atomic E-state index is 13.5. The van der Waals surface area contributed by atoms with Crippen LogP contribution < -0.4 is 5.32 Å². The number of nitrogens with one attached hydrogen (secondary N) is 1. The molecular formula is C16H12F2N4O2. The maximum Gasteiger partial charge on any atom is 0.227 e. The molecule has 0 aliphatic carbocycles. The topological polar surface area (TPSA) is 80.9 Å². The van der Waals surface area contributed by atoms with Gasteiger partial charge < -0.3 is 9.84 Å². The Labute approximate surface area is 135 Å². The molecule has 0 aliphatic heterocycles. The van der Waals surface area contributed by atoms with Crippen molar-refractivity contribution >= 4 is 11.6 Å². The highest BCUT2D eigenvalue weighted by Crippen LogP contribution is 2.16. The summed E-state index contributed by atoms with van der Waals surface area (Å²) in [6, 6.07) is 8.12. The fourth-order valence-corrected chi connectivity index (χ4v) is 1.98. The van der Waals surface area contributed by atoms with E-state index in [-0.39, 0.29) is 24.4 Å². The highest BCUT2D eigenvalue weighted by atomic mass is 19.1. The first kappa shape index (κ1) is 15.7. The van der Waals surface area contributed by atoms with Crippen molar-refractivity contribution in [3.8, 4) is 11.5 Å². The Balaban J connectivity index is 1.59. The number of halogens is 2. The Morgan fingerprint density at radius 2 is 2.08 bits per heavy atom. The Morgan fingerprint density at radius 1 is 1.21 bits per heavy atom. The first-order valence-electron chi connectivity index (χ1n) is 7.11. The van der Waals surface area contributed by atoms with Crippen LogP contribution in [-0.2, 0) is 11.2 Å². The highest BCUT2D eigenvalue weighted by molar-refractivity contribution is 5.90. The minimum absolute atomic E-state index is 0.0141. The van der Waals surface area contributed by atoms with Crippen molar-refractivity contribution in [2.75, 3.05) is 5.32 Å². The maximum absolute atomic E-state index is 13.5. The van der Waals surface area contributed by atoms with Crippen molar-refractivity contribution < 1.29 is 18.1 Å². The summed E-state index contributed by atoms with van der Waals surface area (Å²) in [5.41, 5.74) is 0.346. The molecule has 0 saturated heterocycles. The van der Waals surface area contributed by atoms with Crippen LogP contribution in [0.2, 0.25) is 0 Å². The highest BCUT2D eigenvalue weighted by Gasteiger charge is 2.13. The van der Waals surface area contributed by atoms with Gasteiger partial charge in [-0.3, -0.25) is 9.78 Å².